The third-order valence-corrected chi connectivity index (χ3v) is 3.93. The number of hydrogen-bond acceptors (Lipinski definition) is 7. The molecule has 2 aromatic rings. The van der Waals surface area contributed by atoms with Crippen molar-refractivity contribution in [1.29, 1.82) is 0 Å². The molecule has 0 spiro atoms. The predicted octanol–water partition coefficient (Wildman–Crippen LogP) is 2.62. The number of phenolic OH excluding ortho intramolecular Hbond substituents is 7. The molecule has 2 aromatic carbocycles. The summed E-state index contributed by atoms with van der Waals surface area (Å²) in [6.45, 7) is 1.61. The molecule has 0 saturated heterocycles. The molecule has 0 amide bonds. The molecule has 0 radical (unpaired) electrons. The van der Waals surface area contributed by atoms with Gasteiger partial charge in [0.2, 0.25) is 17.2 Å². The van der Waals surface area contributed by atoms with Gasteiger partial charge in [-0.25, -0.2) is 0 Å². The maximum absolute atomic E-state index is 10.1. The minimum Gasteiger partial charge on any atom is -0.504 e. The average Bonchev–Trinajstić information content (AvgIpc) is 2.50. The Morgan fingerprint density at radius 3 is 1.77 bits per heavy atom. The van der Waals surface area contributed by atoms with Gasteiger partial charge in [-0.15, -0.1) is 0 Å². The van der Waals surface area contributed by atoms with Crippen LogP contribution >= 0.6 is 15.9 Å². The van der Waals surface area contributed by atoms with Crippen molar-refractivity contribution < 1.29 is 35.7 Å². The van der Waals surface area contributed by atoms with Crippen LogP contribution in [0, 0.1) is 0 Å². The van der Waals surface area contributed by atoms with Gasteiger partial charge < -0.3 is 35.7 Å². The Bertz CT molecular complexity index is 771. The third-order valence-electron chi connectivity index (χ3n) is 3.32. The molecule has 0 aliphatic heterocycles. The molecule has 0 fully saturated rings. The average molecular weight is 373 g/mol. The maximum atomic E-state index is 10.1. The zero-order chi connectivity index (χ0) is 16.8. The molecule has 118 valence electrons. The minimum atomic E-state index is -0.965. The lowest BCUT2D eigenvalue weighted by Crippen LogP contribution is -1.93. The Morgan fingerprint density at radius 1 is 0.727 bits per heavy atom. The number of aromatic hydroxyl groups is 7. The SMILES string of the molecule is CCc1c(O)c(O)c(O)c(O)c1-c1cc(Br)c(O)c(O)c1O. The van der Waals surface area contributed by atoms with E-state index in [-0.39, 0.29) is 27.6 Å². The fourth-order valence-electron chi connectivity index (χ4n) is 2.19. The molecule has 0 aliphatic carbocycles. The van der Waals surface area contributed by atoms with Crippen LogP contribution in [-0.2, 0) is 6.42 Å². The lowest BCUT2D eigenvalue weighted by Gasteiger charge is -2.17. The van der Waals surface area contributed by atoms with Crippen LogP contribution in [0.1, 0.15) is 12.5 Å². The highest BCUT2D eigenvalue weighted by Crippen LogP contribution is 2.55. The Kier molecular flexibility index (Phi) is 3.89. The summed E-state index contributed by atoms with van der Waals surface area (Å²) in [4.78, 5) is 0. The largest absolute Gasteiger partial charge is 0.504 e. The van der Waals surface area contributed by atoms with Crippen molar-refractivity contribution >= 4 is 15.9 Å². The molecule has 0 aliphatic rings. The highest BCUT2D eigenvalue weighted by molar-refractivity contribution is 9.10. The second-order valence-corrected chi connectivity index (χ2v) is 5.41. The first-order chi connectivity index (χ1) is 10.2. The Balaban J connectivity index is 2.96. The zero-order valence-electron chi connectivity index (χ0n) is 11.3. The van der Waals surface area contributed by atoms with Crippen molar-refractivity contribution in [3.63, 3.8) is 0 Å². The Labute approximate surface area is 133 Å². The van der Waals surface area contributed by atoms with Crippen molar-refractivity contribution in [1.82, 2.24) is 0 Å². The third kappa shape index (κ3) is 2.12. The first-order valence-corrected chi connectivity index (χ1v) is 6.94. The smallest absolute Gasteiger partial charge is 0.204 e. The topological polar surface area (TPSA) is 142 Å². The monoisotopic (exact) mass is 372 g/mol. The second-order valence-electron chi connectivity index (χ2n) is 4.55. The Morgan fingerprint density at radius 2 is 1.23 bits per heavy atom. The lowest BCUT2D eigenvalue weighted by molar-refractivity contribution is 0.344. The number of hydrogen-bond donors (Lipinski definition) is 7. The molecule has 0 aromatic heterocycles. The minimum absolute atomic E-state index is 0.0197. The normalized spacial score (nSPS) is 10.8. The standard InChI is InChI=1S/C14H13BrO7/c1-2-4-7(11(19)14(22)13(21)8(4)16)5-3-6(15)10(18)12(20)9(5)17/h3,16-22H,2H2,1H3. The number of benzene rings is 2. The Hall–Kier alpha value is -2.48. The van der Waals surface area contributed by atoms with Gasteiger partial charge in [0, 0.05) is 16.7 Å². The van der Waals surface area contributed by atoms with Crippen molar-refractivity contribution in [3.8, 4) is 51.4 Å². The van der Waals surface area contributed by atoms with Gasteiger partial charge in [-0.1, -0.05) is 6.92 Å². The van der Waals surface area contributed by atoms with Gasteiger partial charge in [-0.3, -0.25) is 0 Å². The van der Waals surface area contributed by atoms with Crippen LogP contribution in [0.3, 0.4) is 0 Å². The molecule has 22 heavy (non-hydrogen) atoms. The summed E-state index contributed by atoms with van der Waals surface area (Å²) in [7, 11) is 0. The second kappa shape index (κ2) is 5.38. The number of rotatable bonds is 2. The molecular weight excluding hydrogens is 360 g/mol. The highest BCUT2D eigenvalue weighted by Gasteiger charge is 2.27. The van der Waals surface area contributed by atoms with Crippen molar-refractivity contribution in [3.05, 3.63) is 16.1 Å². The van der Waals surface area contributed by atoms with Crippen LogP contribution in [0.5, 0.6) is 40.2 Å². The summed E-state index contributed by atoms with van der Waals surface area (Å²) in [6, 6.07) is 1.19. The van der Waals surface area contributed by atoms with Gasteiger partial charge in [0.25, 0.3) is 0 Å². The fourth-order valence-corrected chi connectivity index (χ4v) is 2.60. The molecule has 2 rings (SSSR count). The van der Waals surface area contributed by atoms with Crippen LogP contribution in [0.2, 0.25) is 0 Å². The van der Waals surface area contributed by atoms with Gasteiger partial charge in [0.05, 0.1) is 4.47 Å². The van der Waals surface area contributed by atoms with Crippen molar-refractivity contribution in [2.24, 2.45) is 0 Å². The summed E-state index contributed by atoms with van der Waals surface area (Å²) >= 11 is 2.97. The molecule has 7 nitrogen and oxygen atoms in total. The predicted molar refractivity (Wildman–Crippen MR) is 80.6 cm³/mol. The summed E-state index contributed by atoms with van der Waals surface area (Å²) in [5.74, 6) is -5.48. The van der Waals surface area contributed by atoms with Crippen molar-refractivity contribution in [2.45, 2.75) is 13.3 Å². The molecule has 8 heteroatoms. The van der Waals surface area contributed by atoms with Gasteiger partial charge in [0.15, 0.2) is 23.0 Å². The van der Waals surface area contributed by atoms with E-state index in [0.717, 1.165) is 0 Å². The fraction of sp³-hybridized carbons (Fsp3) is 0.143. The van der Waals surface area contributed by atoms with E-state index in [4.69, 9.17) is 0 Å². The molecular formula is C14H13BrO7. The van der Waals surface area contributed by atoms with E-state index in [1.54, 1.807) is 6.92 Å². The van der Waals surface area contributed by atoms with E-state index in [0.29, 0.717) is 0 Å². The molecule has 0 unspecified atom stereocenters. The number of halogens is 1. The van der Waals surface area contributed by atoms with Crippen molar-refractivity contribution in [2.75, 3.05) is 0 Å². The summed E-state index contributed by atoms with van der Waals surface area (Å²) in [6.07, 6.45) is 0.140. The first kappa shape index (κ1) is 15.9. The molecule has 7 N–H and O–H groups in total. The first-order valence-electron chi connectivity index (χ1n) is 6.14. The van der Waals surface area contributed by atoms with E-state index in [1.165, 1.54) is 6.07 Å². The molecule has 0 bridgehead atoms. The van der Waals surface area contributed by atoms with Crippen LogP contribution < -0.4 is 0 Å². The van der Waals surface area contributed by atoms with Gasteiger partial charge in [-0.2, -0.15) is 0 Å². The highest BCUT2D eigenvalue weighted by atomic mass is 79.9. The quantitative estimate of drug-likeness (QED) is 0.317. The van der Waals surface area contributed by atoms with Crippen LogP contribution in [0.25, 0.3) is 11.1 Å². The van der Waals surface area contributed by atoms with E-state index in [2.05, 4.69) is 15.9 Å². The van der Waals surface area contributed by atoms with E-state index < -0.39 is 40.2 Å². The molecule has 0 saturated carbocycles. The zero-order valence-corrected chi connectivity index (χ0v) is 12.9. The summed E-state index contributed by atoms with van der Waals surface area (Å²) in [5.41, 5.74) is -0.286. The van der Waals surface area contributed by atoms with Gasteiger partial charge in [0.1, 0.15) is 0 Å². The van der Waals surface area contributed by atoms with Crippen LogP contribution in [0.15, 0.2) is 10.5 Å². The van der Waals surface area contributed by atoms with E-state index in [1.807, 2.05) is 0 Å². The number of phenols is 7. The van der Waals surface area contributed by atoms with Gasteiger partial charge >= 0.3 is 0 Å². The van der Waals surface area contributed by atoms with Crippen LogP contribution in [-0.4, -0.2) is 35.7 Å². The van der Waals surface area contributed by atoms with E-state index >= 15 is 0 Å². The maximum Gasteiger partial charge on any atom is 0.204 e. The van der Waals surface area contributed by atoms with E-state index in [9.17, 15) is 35.7 Å². The van der Waals surface area contributed by atoms with Gasteiger partial charge in [-0.05, 0) is 28.4 Å². The molecule has 0 atom stereocenters. The van der Waals surface area contributed by atoms with Crippen LogP contribution in [0.4, 0.5) is 0 Å². The molecule has 0 heterocycles. The summed E-state index contributed by atoms with van der Waals surface area (Å²) in [5, 5.41) is 68.4. The summed E-state index contributed by atoms with van der Waals surface area (Å²) < 4.78 is 0.0197. The lowest BCUT2D eigenvalue weighted by atomic mass is 9.94.